The minimum atomic E-state index is 0.447. The molecule has 0 saturated heterocycles. The van der Waals surface area contributed by atoms with Gasteiger partial charge in [-0.1, -0.05) is 19.4 Å². The van der Waals surface area contributed by atoms with E-state index in [0.29, 0.717) is 5.92 Å². The maximum Gasteiger partial charge on any atom is 0.00921 e. The summed E-state index contributed by atoms with van der Waals surface area (Å²) >= 11 is 0. The van der Waals surface area contributed by atoms with Crippen molar-refractivity contribution in [2.75, 3.05) is 0 Å². The average Bonchev–Trinajstić information content (AvgIpc) is 1.87. The van der Waals surface area contributed by atoms with Crippen LogP contribution in [0.15, 0.2) is 12.7 Å². The molecule has 1 atom stereocenters. The van der Waals surface area contributed by atoms with Crippen molar-refractivity contribution in [2.45, 2.75) is 33.1 Å². The van der Waals surface area contributed by atoms with E-state index in [1.165, 1.54) is 0 Å². The van der Waals surface area contributed by atoms with Crippen LogP contribution in [-0.2, 0) is 0 Å². The molecule has 1 nitrogen and oxygen atoms in total. The van der Waals surface area contributed by atoms with Gasteiger partial charge in [0.25, 0.3) is 0 Å². The Morgan fingerprint density at radius 2 is 2.30 bits per heavy atom. The summed E-state index contributed by atoms with van der Waals surface area (Å²) in [5.74, 6) is 0.447. The van der Waals surface area contributed by atoms with Crippen LogP contribution in [0.1, 0.15) is 33.1 Å². The molecule has 1 N–H and O–H groups in total. The number of rotatable bonds is 5. The third-order valence-corrected chi connectivity index (χ3v) is 1.70. The van der Waals surface area contributed by atoms with Crippen LogP contribution < -0.4 is 0 Å². The molecule has 1 unspecified atom stereocenters. The molecule has 0 aliphatic rings. The second-order valence-corrected chi connectivity index (χ2v) is 2.69. The molecule has 0 spiro atoms. The Morgan fingerprint density at radius 1 is 1.70 bits per heavy atom. The average molecular weight is 139 g/mol. The third-order valence-electron chi connectivity index (χ3n) is 1.70. The maximum atomic E-state index is 7.41. The summed E-state index contributed by atoms with van der Waals surface area (Å²) in [6, 6.07) is 0. The van der Waals surface area contributed by atoms with Gasteiger partial charge in [0.2, 0.25) is 0 Å². The molecular formula is C9H17N. The molecule has 58 valence electrons. The fourth-order valence-corrected chi connectivity index (χ4v) is 1.06. The predicted molar refractivity (Wildman–Crippen MR) is 46.6 cm³/mol. The van der Waals surface area contributed by atoms with Gasteiger partial charge in [-0.15, -0.1) is 6.58 Å². The molecule has 0 heterocycles. The van der Waals surface area contributed by atoms with Gasteiger partial charge >= 0.3 is 0 Å². The number of allylic oxidation sites excluding steroid dienone is 1. The Morgan fingerprint density at radius 3 is 2.60 bits per heavy atom. The first-order chi connectivity index (χ1) is 4.72. The van der Waals surface area contributed by atoms with Gasteiger partial charge in [0, 0.05) is 5.71 Å². The molecule has 0 aromatic carbocycles. The van der Waals surface area contributed by atoms with Crippen molar-refractivity contribution >= 4 is 5.71 Å². The Hall–Kier alpha value is -0.590. The van der Waals surface area contributed by atoms with Gasteiger partial charge in [-0.3, -0.25) is 0 Å². The van der Waals surface area contributed by atoms with Crippen molar-refractivity contribution in [1.82, 2.24) is 0 Å². The monoisotopic (exact) mass is 139 g/mol. The number of hydrogen-bond acceptors (Lipinski definition) is 1. The number of nitrogens with one attached hydrogen (secondary N) is 1. The van der Waals surface area contributed by atoms with Crippen LogP contribution in [0.2, 0.25) is 0 Å². The molecule has 0 saturated carbocycles. The van der Waals surface area contributed by atoms with Crippen molar-refractivity contribution in [2.24, 2.45) is 5.92 Å². The molecule has 0 aromatic heterocycles. The third kappa shape index (κ3) is 3.44. The molecule has 0 radical (unpaired) electrons. The van der Waals surface area contributed by atoms with E-state index >= 15 is 0 Å². The van der Waals surface area contributed by atoms with E-state index < -0.39 is 0 Å². The van der Waals surface area contributed by atoms with Crippen LogP contribution in [0, 0.1) is 11.3 Å². The quantitative estimate of drug-likeness (QED) is 0.447. The molecule has 0 bridgehead atoms. The second-order valence-electron chi connectivity index (χ2n) is 2.69. The summed E-state index contributed by atoms with van der Waals surface area (Å²) in [5.41, 5.74) is 0.793. The van der Waals surface area contributed by atoms with E-state index in [0.717, 1.165) is 25.0 Å². The molecule has 0 amide bonds. The van der Waals surface area contributed by atoms with Crippen LogP contribution in [0.3, 0.4) is 0 Å². The highest BCUT2D eigenvalue weighted by Crippen LogP contribution is 2.12. The van der Waals surface area contributed by atoms with Crippen molar-refractivity contribution in [3.63, 3.8) is 0 Å². The SMILES string of the molecule is C=CCC(CCC)C(C)=N. The molecule has 0 fully saturated rings. The summed E-state index contributed by atoms with van der Waals surface area (Å²) < 4.78 is 0. The first-order valence-corrected chi connectivity index (χ1v) is 3.88. The predicted octanol–water partition coefficient (Wildman–Crippen LogP) is 3.02. The zero-order valence-corrected chi connectivity index (χ0v) is 6.98. The maximum absolute atomic E-state index is 7.41. The lowest BCUT2D eigenvalue weighted by Gasteiger charge is -2.10. The summed E-state index contributed by atoms with van der Waals surface area (Å²) in [7, 11) is 0. The molecule has 0 aliphatic heterocycles. The van der Waals surface area contributed by atoms with Gasteiger partial charge in [-0.05, 0) is 25.7 Å². The Balaban J connectivity index is 3.71. The van der Waals surface area contributed by atoms with E-state index in [4.69, 9.17) is 5.41 Å². The Kier molecular flexibility index (Phi) is 4.91. The van der Waals surface area contributed by atoms with Gasteiger partial charge in [-0.25, -0.2) is 0 Å². The van der Waals surface area contributed by atoms with Crippen LogP contribution in [-0.4, -0.2) is 5.71 Å². The van der Waals surface area contributed by atoms with Crippen LogP contribution in [0.4, 0.5) is 0 Å². The summed E-state index contributed by atoms with van der Waals surface area (Å²) in [4.78, 5) is 0. The minimum Gasteiger partial charge on any atom is -0.310 e. The fourth-order valence-electron chi connectivity index (χ4n) is 1.06. The van der Waals surface area contributed by atoms with Gasteiger partial charge in [0.05, 0.1) is 0 Å². The smallest absolute Gasteiger partial charge is 0.00921 e. The summed E-state index contributed by atoms with van der Waals surface area (Å²) in [6.45, 7) is 7.70. The first-order valence-electron chi connectivity index (χ1n) is 3.88. The Bertz CT molecular complexity index is 116. The molecule has 0 aliphatic carbocycles. The highest BCUT2D eigenvalue weighted by atomic mass is 14.4. The van der Waals surface area contributed by atoms with Crippen molar-refractivity contribution in [1.29, 1.82) is 5.41 Å². The van der Waals surface area contributed by atoms with E-state index in [-0.39, 0.29) is 0 Å². The molecule has 1 heteroatoms. The Labute approximate surface area is 63.7 Å². The van der Waals surface area contributed by atoms with Gasteiger partial charge in [-0.2, -0.15) is 0 Å². The molecule has 10 heavy (non-hydrogen) atoms. The highest BCUT2D eigenvalue weighted by Gasteiger charge is 2.06. The molecule has 0 rings (SSSR count). The topological polar surface area (TPSA) is 23.9 Å². The normalized spacial score (nSPS) is 12.6. The van der Waals surface area contributed by atoms with Crippen molar-refractivity contribution in [3.05, 3.63) is 12.7 Å². The molecule has 0 aromatic rings. The van der Waals surface area contributed by atoms with E-state index in [1.807, 2.05) is 13.0 Å². The van der Waals surface area contributed by atoms with Crippen LogP contribution in [0.5, 0.6) is 0 Å². The standard InChI is InChI=1S/C9H17N/c1-4-6-9(7-5-2)8(3)10/h4,9-10H,1,5-7H2,2-3H3. The lowest BCUT2D eigenvalue weighted by molar-refractivity contribution is 0.616. The van der Waals surface area contributed by atoms with E-state index in [2.05, 4.69) is 13.5 Å². The second kappa shape index (κ2) is 5.21. The molecular weight excluding hydrogens is 122 g/mol. The first kappa shape index (κ1) is 9.41. The zero-order chi connectivity index (χ0) is 7.98. The lowest BCUT2D eigenvalue weighted by Crippen LogP contribution is -2.08. The number of hydrogen-bond donors (Lipinski definition) is 1. The van der Waals surface area contributed by atoms with Gasteiger partial charge in [0.15, 0.2) is 0 Å². The van der Waals surface area contributed by atoms with Crippen molar-refractivity contribution in [3.8, 4) is 0 Å². The summed E-state index contributed by atoms with van der Waals surface area (Å²) in [6.07, 6.45) is 5.15. The lowest BCUT2D eigenvalue weighted by atomic mass is 9.95. The van der Waals surface area contributed by atoms with Crippen LogP contribution in [0.25, 0.3) is 0 Å². The van der Waals surface area contributed by atoms with Gasteiger partial charge in [0.1, 0.15) is 0 Å². The van der Waals surface area contributed by atoms with E-state index in [9.17, 15) is 0 Å². The fraction of sp³-hybridized carbons (Fsp3) is 0.667. The highest BCUT2D eigenvalue weighted by molar-refractivity contribution is 5.81. The van der Waals surface area contributed by atoms with Crippen LogP contribution >= 0.6 is 0 Å². The summed E-state index contributed by atoms with van der Waals surface area (Å²) in [5, 5.41) is 7.41. The van der Waals surface area contributed by atoms with E-state index in [1.54, 1.807) is 0 Å². The minimum absolute atomic E-state index is 0.447. The van der Waals surface area contributed by atoms with Gasteiger partial charge < -0.3 is 5.41 Å². The largest absolute Gasteiger partial charge is 0.310 e. The van der Waals surface area contributed by atoms with Crippen molar-refractivity contribution < 1.29 is 0 Å². The zero-order valence-electron chi connectivity index (χ0n) is 6.98.